The van der Waals surface area contributed by atoms with E-state index in [-0.39, 0.29) is 6.79 Å². The highest BCUT2D eigenvalue weighted by molar-refractivity contribution is 8.01. The van der Waals surface area contributed by atoms with Gasteiger partial charge in [-0.3, -0.25) is 9.71 Å². The molecule has 6 nitrogen and oxygen atoms in total. The molecule has 0 spiro atoms. The van der Waals surface area contributed by atoms with Crippen LogP contribution in [0.4, 0.5) is 5.88 Å². The lowest BCUT2D eigenvalue weighted by Crippen LogP contribution is -1.94. The largest absolute Gasteiger partial charge is 0.454 e. The molecule has 9 heteroatoms. The summed E-state index contributed by atoms with van der Waals surface area (Å²) >= 11 is 9.41. The molecular weight excluding hydrogens is 430 g/mol. The zero-order valence-corrected chi connectivity index (χ0v) is 18.0. The van der Waals surface area contributed by atoms with Crippen molar-refractivity contribution in [3.8, 4) is 11.5 Å². The van der Waals surface area contributed by atoms with Gasteiger partial charge in [-0.25, -0.2) is 0 Å². The highest BCUT2D eigenvalue weighted by atomic mass is 35.5. The fourth-order valence-electron chi connectivity index (χ4n) is 3.14. The van der Waals surface area contributed by atoms with Crippen molar-refractivity contribution in [2.75, 3.05) is 11.5 Å². The van der Waals surface area contributed by atoms with Crippen molar-refractivity contribution in [2.24, 2.45) is 0 Å². The number of aryl methyl sites for hydroxylation is 2. The van der Waals surface area contributed by atoms with E-state index >= 15 is 0 Å². The fraction of sp³-hybridized carbons (Fsp3) is 0.200. The molecule has 0 atom stereocenters. The summed E-state index contributed by atoms with van der Waals surface area (Å²) in [4.78, 5) is 6.84. The Hall–Kier alpha value is -2.42. The summed E-state index contributed by atoms with van der Waals surface area (Å²) in [5.74, 6) is 2.03. The van der Waals surface area contributed by atoms with Gasteiger partial charge in [-0.05, 0) is 61.2 Å². The molecule has 5 rings (SSSR count). The van der Waals surface area contributed by atoms with Crippen LogP contribution in [0, 0.1) is 13.8 Å². The van der Waals surface area contributed by atoms with Crippen molar-refractivity contribution >= 4 is 51.0 Å². The first-order valence-corrected chi connectivity index (χ1v) is 10.9. The maximum atomic E-state index is 6.24. The first-order chi connectivity index (χ1) is 14.1. The Labute approximate surface area is 180 Å². The third kappa shape index (κ3) is 3.41. The second-order valence-corrected chi connectivity index (χ2v) is 8.96. The zero-order chi connectivity index (χ0) is 20.0. The summed E-state index contributed by atoms with van der Waals surface area (Å²) < 4.78 is 20.6. The third-order valence-electron chi connectivity index (χ3n) is 4.69. The van der Waals surface area contributed by atoms with Crippen molar-refractivity contribution in [1.29, 1.82) is 0 Å². The molecule has 0 saturated carbocycles. The number of hydrogen-bond donors (Lipinski definition) is 1. The molecule has 0 bridgehead atoms. The maximum absolute atomic E-state index is 6.24. The van der Waals surface area contributed by atoms with Gasteiger partial charge in [0.05, 0.1) is 15.1 Å². The molecule has 4 aromatic rings. The number of nitrogens with one attached hydrogen (secondary N) is 1. The third-order valence-corrected chi connectivity index (χ3v) is 7.34. The lowest BCUT2D eigenvalue weighted by Gasteiger charge is -2.09. The van der Waals surface area contributed by atoms with Crippen LogP contribution in [0.25, 0.3) is 10.2 Å². The second kappa shape index (κ2) is 7.44. The minimum absolute atomic E-state index is 0.271. The van der Waals surface area contributed by atoms with E-state index in [1.54, 1.807) is 24.5 Å². The molecule has 0 unspecified atom stereocenters. The number of hydrogen-bond acceptors (Lipinski definition) is 8. The Morgan fingerprint density at radius 1 is 1.24 bits per heavy atom. The zero-order valence-electron chi connectivity index (χ0n) is 15.6. The van der Waals surface area contributed by atoms with E-state index in [9.17, 15) is 0 Å². The van der Waals surface area contributed by atoms with Crippen LogP contribution in [0.2, 0.25) is 5.02 Å². The van der Waals surface area contributed by atoms with Crippen LogP contribution >= 0.6 is 34.9 Å². The molecule has 1 aromatic carbocycles. The molecule has 1 N–H and O–H groups in total. The molecule has 1 aliphatic heterocycles. The molecule has 0 aliphatic carbocycles. The quantitative estimate of drug-likeness (QED) is 0.378. The Bertz CT molecular complexity index is 1220. The van der Waals surface area contributed by atoms with Crippen LogP contribution < -0.4 is 14.2 Å². The number of pyridine rings is 1. The Kier molecular flexibility index (Phi) is 4.77. The summed E-state index contributed by atoms with van der Waals surface area (Å²) in [6.45, 7) is 4.16. The molecule has 148 valence electrons. The summed E-state index contributed by atoms with van der Waals surface area (Å²) in [6.07, 6.45) is 2.57. The minimum atomic E-state index is 0.271. The Balaban J connectivity index is 1.50. The van der Waals surface area contributed by atoms with E-state index in [4.69, 9.17) is 25.6 Å². The molecule has 0 amide bonds. The van der Waals surface area contributed by atoms with Crippen molar-refractivity contribution < 1.29 is 14.0 Å². The first-order valence-electron chi connectivity index (χ1n) is 8.90. The van der Waals surface area contributed by atoms with Gasteiger partial charge in [-0.1, -0.05) is 16.8 Å². The molecule has 3 aromatic heterocycles. The molecule has 1 aliphatic rings. The number of halogens is 1. The average Bonchev–Trinajstić information content (AvgIpc) is 3.39. The van der Waals surface area contributed by atoms with Gasteiger partial charge in [0.1, 0.15) is 10.7 Å². The Morgan fingerprint density at radius 2 is 2.07 bits per heavy atom. The molecule has 0 radical (unpaired) electrons. The van der Waals surface area contributed by atoms with E-state index < -0.39 is 0 Å². The summed E-state index contributed by atoms with van der Waals surface area (Å²) in [5, 5.41) is 4.38. The fourth-order valence-corrected chi connectivity index (χ4v) is 5.49. The van der Waals surface area contributed by atoms with Crippen LogP contribution in [0.15, 0.2) is 39.9 Å². The number of fused-ring (bicyclic) bond motifs is 2. The molecule has 0 saturated heterocycles. The second-order valence-electron chi connectivity index (χ2n) is 6.63. The summed E-state index contributed by atoms with van der Waals surface area (Å²) in [5.41, 5.74) is 3.96. The van der Waals surface area contributed by atoms with Crippen LogP contribution in [-0.2, 0) is 6.42 Å². The van der Waals surface area contributed by atoms with E-state index in [1.807, 2.05) is 12.1 Å². The van der Waals surface area contributed by atoms with Crippen molar-refractivity contribution in [2.45, 2.75) is 25.2 Å². The normalized spacial score (nSPS) is 12.7. The van der Waals surface area contributed by atoms with Gasteiger partial charge in [-0.2, -0.15) is 0 Å². The van der Waals surface area contributed by atoms with E-state index in [2.05, 4.69) is 33.9 Å². The molecular formula is C20H16ClN3O3S2. The highest BCUT2D eigenvalue weighted by Crippen LogP contribution is 2.41. The van der Waals surface area contributed by atoms with E-state index in [0.717, 1.165) is 38.6 Å². The van der Waals surface area contributed by atoms with E-state index in [1.165, 1.54) is 22.4 Å². The number of ether oxygens (including phenoxy) is 2. The monoisotopic (exact) mass is 445 g/mol. The van der Waals surface area contributed by atoms with Gasteiger partial charge in [-0.15, -0.1) is 11.3 Å². The standard InChI is InChI=1S/C20H16ClN3O3S2/c1-10-6-13-14(26-9-25-13)7-12(10)8-16-19(18-15(28-16)4-3-5-22-18)29-24-20-17(21)11(2)23-27-20/h3-7,24H,8-9H2,1-2H3. The van der Waals surface area contributed by atoms with E-state index in [0.29, 0.717) is 16.6 Å². The SMILES string of the molecule is Cc1cc2c(cc1Cc1sc3cccnc3c1SNc1onc(C)c1Cl)OCO2. The van der Waals surface area contributed by atoms with Gasteiger partial charge in [0, 0.05) is 17.5 Å². The van der Waals surface area contributed by atoms with Crippen molar-refractivity contribution in [3.63, 3.8) is 0 Å². The lowest BCUT2D eigenvalue weighted by atomic mass is 10.0. The number of benzene rings is 1. The number of nitrogens with zero attached hydrogens (tertiary/aromatic N) is 2. The van der Waals surface area contributed by atoms with Gasteiger partial charge in [0.15, 0.2) is 11.5 Å². The van der Waals surface area contributed by atoms with Gasteiger partial charge < -0.3 is 14.0 Å². The maximum Gasteiger partial charge on any atom is 0.253 e. The van der Waals surface area contributed by atoms with Crippen LogP contribution in [0.5, 0.6) is 11.5 Å². The van der Waals surface area contributed by atoms with Crippen molar-refractivity contribution in [3.05, 3.63) is 57.2 Å². The summed E-state index contributed by atoms with van der Waals surface area (Å²) in [7, 11) is 0. The van der Waals surface area contributed by atoms with Crippen LogP contribution in [-0.4, -0.2) is 16.9 Å². The van der Waals surface area contributed by atoms with Gasteiger partial charge in [0.25, 0.3) is 5.88 Å². The number of thiophene rings is 1. The van der Waals surface area contributed by atoms with Crippen molar-refractivity contribution in [1.82, 2.24) is 10.1 Å². The molecule has 0 fully saturated rings. The highest BCUT2D eigenvalue weighted by Gasteiger charge is 2.20. The Morgan fingerprint density at radius 3 is 2.86 bits per heavy atom. The topological polar surface area (TPSA) is 69.4 Å². The predicted molar refractivity (Wildman–Crippen MR) is 115 cm³/mol. The molecule has 4 heterocycles. The number of anilines is 1. The van der Waals surface area contributed by atoms with Crippen LogP contribution in [0.3, 0.4) is 0 Å². The smallest absolute Gasteiger partial charge is 0.253 e. The van der Waals surface area contributed by atoms with Gasteiger partial charge >= 0.3 is 0 Å². The predicted octanol–water partition coefficient (Wildman–Crippen LogP) is 5.99. The van der Waals surface area contributed by atoms with Gasteiger partial charge in [0.2, 0.25) is 6.79 Å². The lowest BCUT2D eigenvalue weighted by molar-refractivity contribution is 0.174. The number of aromatic nitrogens is 2. The molecule has 29 heavy (non-hydrogen) atoms. The number of rotatable bonds is 5. The summed E-state index contributed by atoms with van der Waals surface area (Å²) in [6, 6.07) is 8.13. The first kappa shape index (κ1) is 18.6. The van der Waals surface area contributed by atoms with Crippen LogP contribution in [0.1, 0.15) is 21.7 Å². The average molecular weight is 446 g/mol. The minimum Gasteiger partial charge on any atom is -0.454 e.